The van der Waals surface area contributed by atoms with Gasteiger partial charge in [0.2, 0.25) is 11.8 Å². The minimum Gasteiger partial charge on any atom is -0.497 e. The molecule has 0 spiro atoms. The molecule has 3 rings (SSSR count). The first kappa shape index (κ1) is 31.5. The van der Waals surface area contributed by atoms with Gasteiger partial charge in [-0.15, -0.1) is 0 Å². The van der Waals surface area contributed by atoms with Crippen molar-refractivity contribution in [1.29, 1.82) is 0 Å². The van der Waals surface area contributed by atoms with Gasteiger partial charge in [-0.05, 0) is 57.0 Å². The number of nitrogens with one attached hydrogen (secondary N) is 1. The standard InChI is InChI=1S/C31H39N3O6S/c1-7-26(30(36)32-31(2,3)4)33(21-23-14-10-8-11-15-23)29(35)22-34(41(37,38)25-16-12-9-13-17-25)27-20-24(39-5)18-19-28(27)40-6/h8-20,26H,7,21-22H2,1-6H3,(H,32,36)/t26-/m1/s1. The second kappa shape index (κ2) is 13.5. The SMILES string of the molecule is CC[C@H](C(=O)NC(C)(C)C)N(Cc1ccccc1)C(=O)CN(c1cc(OC)ccc1OC)S(=O)(=O)c1ccccc1. The molecule has 0 aliphatic carbocycles. The molecule has 0 fully saturated rings. The van der Waals surface area contributed by atoms with E-state index in [0.717, 1.165) is 9.87 Å². The van der Waals surface area contributed by atoms with E-state index in [1.165, 1.54) is 37.3 Å². The molecule has 0 aromatic heterocycles. The average Bonchev–Trinajstić information content (AvgIpc) is 2.95. The van der Waals surface area contributed by atoms with Crippen molar-refractivity contribution in [2.75, 3.05) is 25.1 Å². The van der Waals surface area contributed by atoms with Crippen LogP contribution in [-0.4, -0.2) is 57.5 Å². The predicted molar refractivity (Wildman–Crippen MR) is 159 cm³/mol. The van der Waals surface area contributed by atoms with E-state index in [4.69, 9.17) is 9.47 Å². The van der Waals surface area contributed by atoms with Crippen LogP contribution in [0.25, 0.3) is 0 Å². The van der Waals surface area contributed by atoms with Gasteiger partial charge in [-0.3, -0.25) is 13.9 Å². The summed E-state index contributed by atoms with van der Waals surface area (Å²) in [5.41, 5.74) is 0.415. The van der Waals surface area contributed by atoms with Crippen LogP contribution >= 0.6 is 0 Å². The number of nitrogens with zero attached hydrogens (tertiary/aromatic N) is 2. The molecule has 1 N–H and O–H groups in total. The highest BCUT2D eigenvalue weighted by Gasteiger charge is 2.35. The Bertz CT molecular complexity index is 1420. The molecule has 0 saturated carbocycles. The first-order valence-electron chi connectivity index (χ1n) is 13.4. The fourth-order valence-corrected chi connectivity index (χ4v) is 5.81. The van der Waals surface area contributed by atoms with E-state index in [1.807, 2.05) is 58.0 Å². The van der Waals surface area contributed by atoms with Crippen LogP contribution in [0.4, 0.5) is 5.69 Å². The number of hydrogen-bond donors (Lipinski definition) is 1. The van der Waals surface area contributed by atoms with Gasteiger partial charge in [0.15, 0.2) is 0 Å². The van der Waals surface area contributed by atoms with Crippen LogP contribution in [0.2, 0.25) is 0 Å². The normalized spacial score (nSPS) is 12.2. The molecule has 0 bridgehead atoms. The Morgan fingerprint density at radius 3 is 2.05 bits per heavy atom. The highest BCUT2D eigenvalue weighted by molar-refractivity contribution is 7.92. The summed E-state index contributed by atoms with van der Waals surface area (Å²) in [5.74, 6) is -0.237. The van der Waals surface area contributed by atoms with E-state index in [2.05, 4.69) is 5.32 Å². The summed E-state index contributed by atoms with van der Waals surface area (Å²) in [7, 11) is -1.36. The Morgan fingerprint density at radius 1 is 0.902 bits per heavy atom. The number of rotatable bonds is 12. The molecule has 9 nitrogen and oxygen atoms in total. The lowest BCUT2D eigenvalue weighted by Crippen LogP contribution is -2.55. The maximum Gasteiger partial charge on any atom is 0.264 e. The fraction of sp³-hybridized carbons (Fsp3) is 0.355. The van der Waals surface area contributed by atoms with E-state index < -0.39 is 34.1 Å². The molecule has 0 aliphatic heterocycles. The van der Waals surface area contributed by atoms with Crippen LogP contribution in [0.3, 0.4) is 0 Å². The third-order valence-electron chi connectivity index (χ3n) is 6.34. The van der Waals surface area contributed by atoms with Crippen molar-refractivity contribution in [3.63, 3.8) is 0 Å². The van der Waals surface area contributed by atoms with Crippen molar-refractivity contribution in [3.05, 3.63) is 84.4 Å². The van der Waals surface area contributed by atoms with Gasteiger partial charge >= 0.3 is 0 Å². The lowest BCUT2D eigenvalue weighted by atomic mass is 10.1. The minimum absolute atomic E-state index is 0.00444. The zero-order valence-electron chi connectivity index (χ0n) is 24.5. The largest absolute Gasteiger partial charge is 0.497 e. The smallest absolute Gasteiger partial charge is 0.264 e. The molecule has 0 saturated heterocycles. The number of carbonyl (C=O) groups is 2. The van der Waals surface area contributed by atoms with Gasteiger partial charge in [-0.2, -0.15) is 0 Å². The van der Waals surface area contributed by atoms with E-state index in [0.29, 0.717) is 12.2 Å². The fourth-order valence-electron chi connectivity index (χ4n) is 4.38. The average molecular weight is 582 g/mol. The zero-order valence-corrected chi connectivity index (χ0v) is 25.3. The van der Waals surface area contributed by atoms with Crippen molar-refractivity contribution >= 4 is 27.5 Å². The summed E-state index contributed by atoms with van der Waals surface area (Å²) in [6.07, 6.45) is 0.328. The lowest BCUT2D eigenvalue weighted by molar-refractivity contribution is -0.141. The van der Waals surface area contributed by atoms with E-state index in [-0.39, 0.29) is 28.8 Å². The zero-order chi connectivity index (χ0) is 30.2. The molecule has 0 heterocycles. The van der Waals surface area contributed by atoms with E-state index >= 15 is 0 Å². The second-order valence-corrected chi connectivity index (χ2v) is 12.4. The Hall–Kier alpha value is -4.05. The van der Waals surface area contributed by atoms with Gasteiger partial charge < -0.3 is 19.7 Å². The quantitative estimate of drug-likeness (QED) is 0.335. The summed E-state index contributed by atoms with van der Waals surface area (Å²) < 4.78 is 40.0. The maximum atomic E-state index is 14.2. The number of benzene rings is 3. The molecule has 0 aliphatic rings. The molecular weight excluding hydrogens is 542 g/mol. The van der Waals surface area contributed by atoms with Crippen LogP contribution in [0.1, 0.15) is 39.7 Å². The monoisotopic (exact) mass is 581 g/mol. The third-order valence-corrected chi connectivity index (χ3v) is 8.12. The highest BCUT2D eigenvalue weighted by Crippen LogP contribution is 2.36. The molecule has 3 aromatic rings. The molecule has 1 atom stereocenters. The predicted octanol–water partition coefficient (Wildman–Crippen LogP) is 4.62. The Kier molecular flexibility index (Phi) is 10.4. The number of amides is 2. The van der Waals surface area contributed by atoms with Crippen LogP contribution in [-0.2, 0) is 26.2 Å². The molecule has 0 unspecified atom stereocenters. The first-order chi connectivity index (χ1) is 19.4. The number of ether oxygens (including phenoxy) is 2. The summed E-state index contributed by atoms with van der Waals surface area (Å²) in [6.45, 7) is 6.96. The van der Waals surface area contributed by atoms with Crippen molar-refractivity contribution in [2.45, 2.75) is 57.1 Å². The minimum atomic E-state index is -4.24. The number of methoxy groups -OCH3 is 2. The number of hydrogen-bond acceptors (Lipinski definition) is 6. The van der Waals surface area contributed by atoms with Crippen LogP contribution in [0, 0.1) is 0 Å². The van der Waals surface area contributed by atoms with Crippen molar-refractivity contribution in [3.8, 4) is 11.5 Å². The molecule has 3 aromatic carbocycles. The van der Waals surface area contributed by atoms with Gasteiger partial charge in [-0.25, -0.2) is 8.42 Å². The lowest BCUT2D eigenvalue weighted by Gasteiger charge is -2.35. The number of anilines is 1. The van der Waals surface area contributed by atoms with Crippen LogP contribution in [0.5, 0.6) is 11.5 Å². The van der Waals surface area contributed by atoms with Gasteiger partial charge in [0.05, 0.1) is 24.8 Å². The Labute approximate surface area is 243 Å². The van der Waals surface area contributed by atoms with Crippen LogP contribution < -0.4 is 19.1 Å². The molecule has 2 amide bonds. The summed E-state index contributed by atoms with van der Waals surface area (Å²) in [6, 6.07) is 21.0. The van der Waals surface area contributed by atoms with Gasteiger partial charge in [0.1, 0.15) is 24.1 Å². The third kappa shape index (κ3) is 8.00. The molecular formula is C31H39N3O6S. The van der Waals surface area contributed by atoms with Gasteiger partial charge in [-0.1, -0.05) is 55.5 Å². The first-order valence-corrected chi connectivity index (χ1v) is 14.8. The topological polar surface area (TPSA) is 105 Å². The van der Waals surface area contributed by atoms with Gasteiger partial charge in [0.25, 0.3) is 10.0 Å². The molecule has 220 valence electrons. The van der Waals surface area contributed by atoms with Crippen molar-refractivity contribution in [1.82, 2.24) is 10.2 Å². The van der Waals surface area contributed by atoms with Crippen molar-refractivity contribution in [2.24, 2.45) is 0 Å². The van der Waals surface area contributed by atoms with Gasteiger partial charge in [0, 0.05) is 18.2 Å². The van der Waals surface area contributed by atoms with Crippen LogP contribution in [0.15, 0.2) is 83.8 Å². The number of carbonyl (C=O) groups excluding carboxylic acids is 2. The second-order valence-electron chi connectivity index (χ2n) is 10.5. The molecule has 10 heteroatoms. The molecule has 0 radical (unpaired) electrons. The Morgan fingerprint density at radius 2 is 1.51 bits per heavy atom. The van der Waals surface area contributed by atoms with E-state index in [9.17, 15) is 18.0 Å². The van der Waals surface area contributed by atoms with E-state index in [1.54, 1.807) is 30.3 Å². The molecule has 41 heavy (non-hydrogen) atoms. The highest BCUT2D eigenvalue weighted by atomic mass is 32.2. The summed E-state index contributed by atoms with van der Waals surface area (Å²) >= 11 is 0. The maximum absolute atomic E-state index is 14.2. The number of sulfonamides is 1. The Balaban J connectivity index is 2.14. The summed E-state index contributed by atoms with van der Waals surface area (Å²) in [5, 5.41) is 2.96. The van der Waals surface area contributed by atoms with Crippen molar-refractivity contribution < 1.29 is 27.5 Å². The summed E-state index contributed by atoms with van der Waals surface area (Å²) in [4.78, 5) is 29.1.